The van der Waals surface area contributed by atoms with Gasteiger partial charge in [-0.1, -0.05) is 11.6 Å². The zero-order valence-corrected chi connectivity index (χ0v) is 10.5. The first-order chi connectivity index (χ1) is 8.18. The fraction of sp³-hybridized carbons (Fsp3) is 0.636. The molecule has 0 bridgehead atoms. The third-order valence-electron chi connectivity index (χ3n) is 2.89. The van der Waals surface area contributed by atoms with Gasteiger partial charge in [0, 0.05) is 20.2 Å². The fourth-order valence-electron chi connectivity index (χ4n) is 1.98. The highest BCUT2D eigenvalue weighted by molar-refractivity contribution is 6.32. The summed E-state index contributed by atoms with van der Waals surface area (Å²) in [5.74, 6) is 0.504. The Hall–Kier alpha value is -1.07. The van der Waals surface area contributed by atoms with E-state index in [2.05, 4.69) is 9.97 Å². The summed E-state index contributed by atoms with van der Waals surface area (Å²) in [6.45, 7) is 1.52. The molecule has 1 saturated heterocycles. The van der Waals surface area contributed by atoms with Crippen molar-refractivity contribution in [1.82, 2.24) is 9.97 Å². The lowest BCUT2D eigenvalue weighted by Gasteiger charge is -2.28. The van der Waals surface area contributed by atoms with Crippen LogP contribution in [0.25, 0.3) is 0 Å². The number of likely N-dealkylation sites (N-methyl/N-ethyl adjacent to an activating group) is 1. The van der Waals surface area contributed by atoms with Crippen LogP contribution in [0.5, 0.6) is 0 Å². The number of aromatic nitrogens is 2. The van der Waals surface area contributed by atoms with E-state index in [9.17, 15) is 4.79 Å². The van der Waals surface area contributed by atoms with Crippen LogP contribution in [0.15, 0.2) is 11.1 Å². The second kappa shape index (κ2) is 5.51. The lowest BCUT2D eigenvalue weighted by Crippen LogP contribution is -2.34. The van der Waals surface area contributed by atoms with Crippen LogP contribution in [0, 0.1) is 0 Å². The Bertz CT molecular complexity index is 429. The number of ether oxygens (including phenoxy) is 1. The van der Waals surface area contributed by atoms with E-state index >= 15 is 0 Å². The highest BCUT2D eigenvalue weighted by Gasteiger charge is 2.18. The van der Waals surface area contributed by atoms with E-state index in [-0.39, 0.29) is 16.7 Å². The van der Waals surface area contributed by atoms with Crippen LogP contribution in [0.1, 0.15) is 19.3 Å². The van der Waals surface area contributed by atoms with Crippen molar-refractivity contribution in [1.29, 1.82) is 0 Å². The number of H-pyrrole nitrogens is 1. The molecule has 1 aromatic heterocycles. The topological polar surface area (TPSA) is 58.2 Å². The Morgan fingerprint density at radius 1 is 1.65 bits per heavy atom. The molecule has 1 aromatic rings. The van der Waals surface area contributed by atoms with Crippen molar-refractivity contribution in [2.75, 3.05) is 25.1 Å². The van der Waals surface area contributed by atoms with Crippen LogP contribution < -0.4 is 10.5 Å². The number of rotatable bonds is 3. The maximum Gasteiger partial charge on any atom is 0.271 e. The number of hydrogen-bond donors (Lipinski definition) is 1. The van der Waals surface area contributed by atoms with Crippen molar-refractivity contribution in [2.45, 2.75) is 25.4 Å². The molecule has 0 aliphatic carbocycles. The number of halogens is 1. The molecule has 0 radical (unpaired) electrons. The van der Waals surface area contributed by atoms with E-state index in [4.69, 9.17) is 16.3 Å². The first-order valence-corrected chi connectivity index (χ1v) is 6.12. The molecule has 2 heterocycles. The third-order valence-corrected chi connectivity index (χ3v) is 3.23. The second-order valence-corrected chi connectivity index (χ2v) is 4.62. The average molecular weight is 258 g/mol. The average Bonchev–Trinajstić information content (AvgIpc) is 2.34. The molecular formula is C11H16ClN3O2. The minimum absolute atomic E-state index is 0.130. The molecule has 94 valence electrons. The molecule has 0 amide bonds. The van der Waals surface area contributed by atoms with Gasteiger partial charge in [0.05, 0.1) is 12.4 Å². The van der Waals surface area contributed by atoms with Gasteiger partial charge in [0.1, 0.15) is 5.02 Å². The molecule has 5 nitrogen and oxygen atoms in total. The van der Waals surface area contributed by atoms with Gasteiger partial charge in [-0.15, -0.1) is 0 Å². The van der Waals surface area contributed by atoms with Crippen LogP contribution in [0.2, 0.25) is 5.02 Å². The van der Waals surface area contributed by atoms with Gasteiger partial charge in [-0.05, 0) is 19.3 Å². The molecule has 0 spiro atoms. The van der Waals surface area contributed by atoms with Gasteiger partial charge < -0.3 is 14.6 Å². The van der Waals surface area contributed by atoms with E-state index < -0.39 is 0 Å². The van der Waals surface area contributed by atoms with Crippen LogP contribution >= 0.6 is 11.6 Å². The van der Waals surface area contributed by atoms with Crippen molar-refractivity contribution >= 4 is 17.4 Å². The summed E-state index contributed by atoms with van der Waals surface area (Å²) in [6, 6.07) is 0. The molecule has 2 rings (SSSR count). The summed E-state index contributed by atoms with van der Waals surface area (Å²) in [5.41, 5.74) is -0.312. The standard InChI is InChI=1S/C11H16ClN3O2/c1-15(6-8-4-2-3-5-17-8)10-9(12)11(16)14-7-13-10/h7-8H,2-6H2,1H3,(H,13,14,16). The highest BCUT2D eigenvalue weighted by atomic mass is 35.5. The smallest absolute Gasteiger partial charge is 0.271 e. The molecule has 1 aliphatic heterocycles. The number of nitrogens with zero attached hydrogens (tertiary/aromatic N) is 2. The molecule has 6 heteroatoms. The fourth-order valence-corrected chi connectivity index (χ4v) is 2.23. The molecule has 17 heavy (non-hydrogen) atoms. The van der Waals surface area contributed by atoms with Gasteiger partial charge in [0.25, 0.3) is 5.56 Å². The Morgan fingerprint density at radius 2 is 2.47 bits per heavy atom. The predicted octanol–water partition coefficient (Wildman–Crippen LogP) is 1.43. The molecule has 0 saturated carbocycles. The molecule has 0 aromatic carbocycles. The monoisotopic (exact) mass is 257 g/mol. The van der Waals surface area contributed by atoms with Gasteiger partial charge in [0.2, 0.25) is 0 Å². The number of nitrogens with one attached hydrogen (secondary N) is 1. The first kappa shape index (κ1) is 12.4. The van der Waals surface area contributed by atoms with Gasteiger partial charge in [-0.3, -0.25) is 4.79 Å². The second-order valence-electron chi connectivity index (χ2n) is 4.24. The Morgan fingerprint density at radius 3 is 3.18 bits per heavy atom. The molecule has 1 unspecified atom stereocenters. The van der Waals surface area contributed by atoms with Crippen LogP contribution in [0.3, 0.4) is 0 Å². The normalized spacial score (nSPS) is 20.2. The number of aromatic amines is 1. The zero-order chi connectivity index (χ0) is 12.3. The summed E-state index contributed by atoms with van der Waals surface area (Å²) in [7, 11) is 1.87. The molecular weight excluding hydrogens is 242 g/mol. The number of hydrogen-bond acceptors (Lipinski definition) is 4. The molecule has 1 N–H and O–H groups in total. The van der Waals surface area contributed by atoms with Gasteiger partial charge in [-0.2, -0.15) is 0 Å². The van der Waals surface area contributed by atoms with Crippen molar-refractivity contribution in [3.8, 4) is 0 Å². The number of anilines is 1. The zero-order valence-electron chi connectivity index (χ0n) is 9.78. The largest absolute Gasteiger partial charge is 0.376 e. The Labute approximate surface area is 105 Å². The van der Waals surface area contributed by atoms with Gasteiger partial charge in [0.15, 0.2) is 5.82 Å². The van der Waals surface area contributed by atoms with Crippen molar-refractivity contribution in [3.63, 3.8) is 0 Å². The lowest BCUT2D eigenvalue weighted by molar-refractivity contribution is 0.0215. The Balaban J connectivity index is 2.06. The maximum atomic E-state index is 11.4. The van der Waals surface area contributed by atoms with Crippen LogP contribution in [-0.4, -0.2) is 36.3 Å². The van der Waals surface area contributed by atoms with Crippen LogP contribution in [-0.2, 0) is 4.74 Å². The van der Waals surface area contributed by atoms with Crippen molar-refractivity contribution in [2.24, 2.45) is 0 Å². The molecule has 1 aliphatic rings. The molecule has 1 atom stereocenters. The van der Waals surface area contributed by atoms with Crippen molar-refractivity contribution in [3.05, 3.63) is 21.7 Å². The van der Waals surface area contributed by atoms with E-state index in [0.29, 0.717) is 12.4 Å². The third kappa shape index (κ3) is 2.98. The maximum absolute atomic E-state index is 11.4. The Kier molecular flexibility index (Phi) is 4.02. The highest BCUT2D eigenvalue weighted by Crippen LogP contribution is 2.20. The quantitative estimate of drug-likeness (QED) is 0.890. The minimum atomic E-state index is -0.312. The van der Waals surface area contributed by atoms with Gasteiger partial charge >= 0.3 is 0 Å². The summed E-state index contributed by atoms with van der Waals surface area (Å²) < 4.78 is 5.64. The van der Waals surface area contributed by atoms with E-state index in [1.54, 1.807) is 0 Å². The van der Waals surface area contributed by atoms with E-state index in [1.165, 1.54) is 12.7 Å². The summed E-state index contributed by atoms with van der Waals surface area (Å²) in [4.78, 5) is 19.7. The lowest BCUT2D eigenvalue weighted by atomic mass is 10.1. The SMILES string of the molecule is CN(CC1CCCCO1)c1nc[nH]c(=O)c1Cl. The summed E-state index contributed by atoms with van der Waals surface area (Å²) in [5, 5.41) is 0.130. The minimum Gasteiger partial charge on any atom is -0.376 e. The van der Waals surface area contributed by atoms with E-state index in [1.807, 2.05) is 11.9 Å². The predicted molar refractivity (Wildman–Crippen MR) is 66.7 cm³/mol. The van der Waals surface area contributed by atoms with Crippen molar-refractivity contribution < 1.29 is 4.74 Å². The van der Waals surface area contributed by atoms with E-state index in [0.717, 1.165) is 19.4 Å². The van der Waals surface area contributed by atoms with Gasteiger partial charge in [-0.25, -0.2) is 4.98 Å². The van der Waals surface area contributed by atoms with Crippen LogP contribution in [0.4, 0.5) is 5.82 Å². The summed E-state index contributed by atoms with van der Waals surface area (Å²) >= 11 is 5.92. The molecule has 1 fully saturated rings. The summed E-state index contributed by atoms with van der Waals surface area (Å²) in [6.07, 6.45) is 4.93. The first-order valence-electron chi connectivity index (χ1n) is 5.74.